The molecule has 4 rings (SSSR count). The number of nitrogens with zero attached hydrogens (tertiary/aromatic N) is 3. The molecule has 0 spiro atoms. The zero-order valence-electron chi connectivity index (χ0n) is 12.6. The summed E-state index contributed by atoms with van der Waals surface area (Å²) >= 11 is 0. The standard InChI is InChI=1S/C17H19N3O2/c1-11-5-7-12(8-6-11)20-15-4-2-3-14(15)16(18-20)17(22)19-9-13(21)10-19/h5-8,13,21H,2-4,9-10H2,1H3. The molecule has 22 heavy (non-hydrogen) atoms. The van der Waals surface area contributed by atoms with Crippen molar-refractivity contribution >= 4 is 5.91 Å². The summed E-state index contributed by atoms with van der Waals surface area (Å²) in [5.41, 5.74) is 5.03. The van der Waals surface area contributed by atoms with Crippen LogP contribution in [-0.2, 0) is 12.8 Å². The molecule has 1 saturated heterocycles. The van der Waals surface area contributed by atoms with Crippen LogP contribution >= 0.6 is 0 Å². The Morgan fingerprint density at radius 2 is 1.95 bits per heavy atom. The van der Waals surface area contributed by atoms with Crippen LogP contribution in [0.4, 0.5) is 0 Å². The first kappa shape index (κ1) is 13.5. The van der Waals surface area contributed by atoms with Crippen LogP contribution in [0, 0.1) is 6.92 Å². The SMILES string of the molecule is Cc1ccc(-n2nc(C(=O)N3CC(O)C3)c3c2CCC3)cc1. The molecular formula is C17H19N3O2. The predicted molar refractivity (Wildman–Crippen MR) is 82.2 cm³/mol. The first-order chi connectivity index (χ1) is 10.6. The molecule has 0 atom stereocenters. The number of aryl methyl sites for hydroxylation is 1. The second-order valence-electron chi connectivity index (χ2n) is 6.24. The van der Waals surface area contributed by atoms with E-state index in [2.05, 4.69) is 24.2 Å². The van der Waals surface area contributed by atoms with Crippen LogP contribution in [0.5, 0.6) is 0 Å². The summed E-state index contributed by atoms with van der Waals surface area (Å²) in [5.74, 6) is -0.0469. The number of likely N-dealkylation sites (tertiary alicyclic amines) is 1. The zero-order valence-corrected chi connectivity index (χ0v) is 12.6. The lowest BCUT2D eigenvalue weighted by molar-refractivity contribution is 0.00540. The van der Waals surface area contributed by atoms with Crippen LogP contribution in [-0.4, -0.2) is 44.9 Å². The number of β-amino-alcohol motifs (C(OH)–C–C–N with tert-alkyl or cyclic N) is 1. The molecule has 1 amide bonds. The van der Waals surface area contributed by atoms with Crippen LogP contribution in [0.2, 0.25) is 0 Å². The largest absolute Gasteiger partial charge is 0.389 e. The first-order valence-corrected chi connectivity index (χ1v) is 7.78. The maximum atomic E-state index is 12.6. The number of hydrogen-bond acceptors (Lipinski definition) is 3. The van der Waals surface area contributed by atoms with Gasteiger partial charge in [0.1, 0.15) is 0 Å². The Bertz CT molecular complexity index is 727. The van der Waals surface area contributed by atoms with Crippen LogP contribution in [0.25, 0.3) is 5.69 Å². The highest BCUT2D eigenvalue weighted by molar-refractivity contribution is 5.95. The number of benzene rings is 1. The molecule has 2 aromatic rings. The number of carbonyl (C=O) groups excluding carboxylic acids is 1. The normalized spacial score (nSPS) is 17.5. The maximum Gasteiger partial charge on any atom is 0.274 e. The molecule has 1 fully saturated rings. The summed E-state index contributed by atoms with van der Waals surface area (Å²) in [5, 5.41) is 14.0. The van der Waals surface area contributed by atoms with E-state index >= 15 is 0 Å². The fourth-order valence-electron chi connectivity index (χ4n) is 3.28. The molecule has 1 N–H and O–H groups in total. The summed E-state index contributed by atoms with van der Waals surface area (Å²) in [6, 6.07) is 8.21. The Labute approximate surface area is 129 Å². The number of aliphatic hydroxyl groups excluding tert-OH is 1. The first-order valence-electron chi connectivity index (χ1n) is 7.78. The number of amides is 1. The number of carbonyl (C=O) groups is 1. The molecule has 114 valence electrons. The molecule has 5 nitrogen and oxygen atoms in total. The smallest absolute Gasteiger partial charge is 0.274 e. The van der Waals surface area contributed by atoms with Crippen molar-refractivity contribution in [3.63, 3.8) is 0 Å². The van der Waals surface area contributed by atoms with Crippen molar-refractivity contribution in [1.29, 1.82) is 0 Å². The number of aliphatic hydroxyl groups is 1. The third kappa shape index (κ3) is 2.04. The van der Waals surface area contributed by atoms with E-state index in [1.165, 1.54) is 5.56 Å². The molecule has 0 bridgehead atoms. The van der Waals surface area contributed by atoms with Crippen LogP contribution < -0.4 is 0 Å². The van der Waals surface area contributed by atoms with Gasteiger partial charge in [-0.1, -0.05) is 17.7 Å². The second kappa shape index (κ2) is 4.95. The van der Waals surface area contributed by atoms with Crippen molar-refractivity contribution in [2.75, 3.05) is 13.1 Å². The fraction of sp³-hybridized carbons (Fsp3) is 0.412. The van der Waals surface area contributed by atoms with Crippen molar-refractivity contribution in [1.82, 2.24) is 14.7 Å². The molecule has 2 heterocycles. The van der Waals surface area contributed by atoms with Crippen molar-refractivity contribution in [2.24, 2.45) is 0 Å². The lowest BCUT2D eigenvalue weighted by Gasteiger charge is -2.35. The molecule has 1 aromatic heterocycles. The van der Waals surface area contributed by atoms with E-state index in [0.29, 0.717) is 18.8 Å². The molecule has 5 heteroatoms. The van der Waals surface area contributed by atoms with E-state index in [1.54, 1.807) is 4.90 Å². The Morgan fingerprint density at radius 3 is 2.64 bits per heavy atom. The molecule has 2 aliphatic rings. The van der Waals surface area contributed by atoms with Gasteiger partial charge in [0.15, 0.2) is 5.69 Å². The minimum absolute atomic E-state index is 0.0469. The quantitative estimate of drug-likeness (QED) is 0.913. The molecular weight excluding hydrogens is 278 g/mol. The predicted octanol–water partition coefficient (Wildman–Crippen LogP) is 1.49. The van der Waals surface area contributed by atoms with Crippen LogP contribution in [0.3, 0.4) is 0 Å². The van der Waals surface area contributed by atoms with Gasteiger partial charge in [0.25, 0.3) is 5.91 Å². The van der Waals surface area contributed by atoms with Gasteiger partial charge in [-0.3, -0.25) is 4.79 Å². The van der Waals surface area contributed by atoms with Gasteiger partial charge in [0, 0.05) is 24.3 Å². The molecule has 1 aromatic carbocycles. The highest BCUT2D eigenvalue weighted by atomic mass is 16.3. The van der Waals surface area contributed by atoms with E-state index in [9.17, 15) is 9.90 Å². The number of aromatic nitrogens is 2. The molecule has 0 radical (unpaired) electrons. The Balaban J connectivity index is 1.73. The summed E-state index contributed by atoms with van der Waals surface area (Å²) in [7, 11) is 0. The van der Waals surface area contributed by atoms with E-state index in [-0.39, 0.29) is 12.0 Å². The van der Waals surface area contributed by atoms with Gasteiger partial charge < -0.3 is 10.0 Å². The lowest BCUT2D eigenvalue weighted by atomic mass is 10.1. The summed E-state index contributed by atoms with van der Waals surface area (Å²) < 4.78 is 1.92. The lowest BCUT2D eigenvalue weighted by Crippen LogP contribution is -2.53. The molecule has 1 aliphatic carbocycles. The minimum atomic E-state index is -0.379. The molecule has 0 unspecified atom stereocenters. The van der Waals surface area contributed by atoms with Gasteiger partial charge >= 0.3 is 0 Å². The Morgan fingerprint density at radius 1 is 1.23 bits per heavy atom. The van der Waals surface area contributed by atoms with Gasteiger partial charge in [-0.25, -0.2) is 4.68 Å². The zero-order chi connectivity index (χ0) is 15.3. The van der Waals surface area contributed by atoms with Gasteiger partial charge in [-0.05, 0) is 38.3 Å². The van der Waals surface area contributed by atoms with Crippen LogP contribution in [0.15, 0.2) is 24.3 Å². The van der Waals surface area contributed by atoms with E-state index in [1.807, 2.05) is 16.8 Å². The van der Waals surface area contributed by atoms with Gasteiger partial charge in [-0.2, -0.15) is 5.10 Å². The third-order valence-corrected chi connectivity index (χ3v) is 4.56. The van der Waals surface area contributed by atoms with E-state index < -0.39 is 0 Å². The second-order valence-corrected chi connectivity index (χ2v) is 6.24. The number of fused-ring (bicyclic) bond motifs is 1. The fourth-order valence-corrected chi connectivity index (χ4v) is 3.28. The van der Waals surface area contributed by atoms with E-state index in [4.69, 9.17) is 0 Å². The minimum Gasteiger partial charge on any atom is -0.389 e. The van der Waals surface area contributed by atoms with Crippen molar-refractivity contribution in [3.05, 3.63) is 46.8 Å². The van der Waals surface area contributed by atoms with Crippen molar-refractivity contribution in [2.45, 2.75) is 32.3 Å². The van der Waals surface area contributed by atoms with Gasteiger partial charge in [-0.15, -0.1) is 0 Å². The van der Waals surface area contributed by atoms with Gasteiger partial charge in [0.05, 0.1) is 11.8 Å². The summed E-state index contributed by atoms with van der Waals surface area (Å²) in [6.07, 6.45) is 2.57. The Kier molecular flexibility index (Phi) is 3.04. The highest BCUT2D eigenvalue weighted by Crippen LogP contribution is 2.29. The van der Waals surface area contributed by atoms with E-state index in [0.717, 1.165) is 36.2 Å². The average Bonchev–Trinajstić information content (AvgIpc) is 3.06. The van der Waals surface area contributed by atoms with Crippen LogP contribution in [0.1, 0.15) is 33.7 Å². The third-order valence-electron chi connectivity index (χ3n) is 4.56. The molecule has 1 aliphatic heterocycles. The number of rotatable bonds is 2. The van der Waals surface area contributed by atoms with Crippen molar-refractivity contribution < 1.29 is 9.90 Å². The topological polar surface area (TPSA) is 58.4 Å². The van der Waals surface area contributed by atoms with Gasteiger partial charge in [0.2, 0.25) is 0 Å². The monoisotopic (exact) mass is 297 g/mol. The summed E-state index contributed by atoms with van der Waals surface area (Å²) in [6.45, 7) is 2.90. The van der Waals surface area contributed by atoms with Crippen molar-refractivity contribution in [3.8, 4) is 5.69 Å². The maximum absolute atomic E-state index is 12.6. The average molecular weight is 297 g/mol. The highest BCUT2D eigenvalue weighted by Gasteiger charge is 2.34. The number of hydrogen-bond donors (Lipinski definition) is 1. The molecule has 0 saturated carbocycles. The Hall–Kier alpha value is -2.14. The summed E-state index contributed by atoms with van der Waals surface area (Å²) in [4.78, 5) is 14.2.